The Balaban J connectivity index is 1.25. The molecule has 6 aromatic carbocycles. The average molecular weight is 593 g/mol. The molecule has 0 saturated carbocycles. The first kappa shape index (κ1) is 26.0. The highest BCUT2D eigenvalue weighted by molar-refractivity contribution is 6.12. The van der Waals surface area contributed by atoms with E-state index >= 15 is 0 Å². The van der Waals surface area contributed by atoms with Crippen LogP contribution in [0.2, 0.25) is 0 Å². The largest absolute Gasteiger partial charge is 0.454 e. The second-order valence-electron chi connectivity index (χ2n) is 11.1. The maximum Gasteiger partial charge on any atom is 0.231 e. The number of para-hydroxylation sites is 4. The van der Waals surface area contributed by atoms with Gasteiger partial charge in [0.15, 0.2) is 23.1 Å². The molecule has 46 heavy (non-hydrogen) atoms. The smallest absolute Gasteiger partial charge is 0.231 e. The Kier molecular flexibility index (Phi) is 6.03. The van der Waals surface area contributed by atoms with Gasteiger partial charge in [-0.15, -0.1) is 0 Å². The Labute approximate surface area is 263 Å². The second-order valence-corrected chi connectivity index (χ2v) is 11.1. The van der Waals surface area contributed by atoms with Gasteiger partial charge in [-0.05, 0) is 41.5 Å². The molecule has 9 rings (SSSR count). The average Bonchev–Trinajstić information content (AvgIpc) is 3.74. The van der Waals surface area contributed by atoms with Gasteiger partial charge in [0.2, 0.25) is 5.89 Å². The van der Waals surface area contributed by atoms with Crippen LogP contribution in [-0.4, -0.2) is 19.9 Å². The lowest BCUT2D eigenvalue weighted by Crippen LogP contribution is -2.00. The summed E-state index contributed by atoms with van der Waals surface area (Å²) in [6.07, 6.45) is 0. The standard InChI is InChI=1S/C40H24N4O2/c1-3-12-25(13-4-1)27-16-9-17-28(24-27)38-42-37(26-14-5-2-6-15-26)43-39(44-38)31-20-10-18-29-30-19-11-21-32(36(30)46-35(29)31)40-41-33-22-7-8-23-34(33)45-40/h1-24H. The Hall–Kier alpha value is -6.40. The third kappa shape index (κ3) is 4.43. The maximum atomic E-state index is 6.69. The van der Waals surface area contributed by atoms with Crippen molar-refractivity contribution in [2.24, 2.45) is 0 Å². The van der Waals surface area contributed by atoms with E-state index in [4.69, 9.17) is 28.8 Å². The van der Waals surface area contributed by atoms with E-state index in [9.17, 15) is 0 Å². The lowest BCUT2D eigenvalue weighted by Gasteiger charge is -2.10. The van der Waals surface area contributed by atoms with Crippen LogP contribution in [0.3, 0.4) is 0 Å². The predicted octanol–water partition coefficient (Wildman–Crippen LogP) is 10.2. The topological polar surface area (TPSA) is 77.8 Å². The van der Waals surface area contributed by atoms with E-state index in [2.05, 4.69) is 36.4 Å². The van der Waals surface area contributed by atoms with Crippen LogP contribution >= 0.6 is 0 Å². The fourth-order valence-electron chi connectivity index (χ4n) is 5.96. The number of oxazole rings is 1. The highest BCUT2D eigenvalue weighted by Crippen LogP contribution is 2.40. The molecule has 3 heterocycles. The van der Waals surface area contributed by atoms with Crippen molar-refractivity contribution >= 4 is 33.0 Å². The fourth-order valence-corrected chi connectivity index (χ4v) is 5.96. The van der Waals surface area contributed by atoms with Crippen molar-refractivity contribution in [2.45, 2.75) is 0 Å². The molecular formula is C40H24N4O2. The van der Waals surface area contributed by atoms with Crippen molar-refractivity contribution < 1.29 is 8.83 Å². The summed E-state index contributed by atoms with van der Waals surface area (Å²) >= 11 is 0. The van der Waals surface area contributed by atoms with Gasteiger partial charge in [-0.3, -0.25) is 0 Å². The predicted molar refractivity (Wildman–Crippen MR) is 182 cm³/mol. The maximum absolute atomic E-state index is 6.69. The second kappa shape index (κ2) is 10.6. The number of nitrogens with zero attached hydrogens (tertiary/aromatic N) is 4. The van der Waals surface area contributed by atoms with Gasteiger partial charge in [0.25, 0.3) is 0 Å². The summed E-state index contributed by atoms with van der Waals surface area (Å²) in [5.74, 6) is 2.22. The molecule has 3 aromatic heterocycles. The molecular weight excluding hydrogens is 568 g/mol. The third-order valence-electron chi connectivity index (χ3n) is 8.18. The first-order chi connectivity index (χ1) is 22.8. The zero-order valence-corrected chi connectivity index (χ0v) is 24.5. The first-order valence-electron chi connectivity index (χ1n) is 15.1. The van der Waals surface area contributed by atoms with Gasteiger partial charge in [-0.1, -0.05) is 115 Å². The number of furan rings is 1. The number of rotatable bonds is 5. The molecule has 0 aliphatic rings. The van der Waals surface area contributed by atoms with E-state index in [1.165, 1.54) is 0 Å². The molecule has 0 aliphatic carbocycles. The van der Waals surface area contributed by atoms with Crippen LogP contribution in [0.5, 0.6) is 0 Å². The van der Waals surface area contributed by atoms with Crippen molar-refractivity contribution in [3.63, 3.8) is 0 Å². The molecule has 0 aliphatic heterocycles. The van der Waals surface area contributed by atoms with E-state index in [1.54, 1.807) is 0 Å². The van der Waals surface area contributed by atoms with Crippen LogP contribution in [0.25, 0.3) is 89.8 Å². The summed E-state index contributed by atoms with van der Waals surface area (Å²) in [6, 6.07) is 48.4. The van der Waals surface area contributed by atoms with Crippen LogP contribution in [0.4, 0.5) is 0 Å². The van der Waals surface area contributed by atoms with Crippen LogP contribution in [0.15, 0.2) is 154 Å². The molecule has 6 heteroatoms. The minimum Gasteiger partial charge on any atom is -0.454 e. The number of fused-ring (bicyclic) bond motifs is 4. The highest BCUT2D eigenvalue weighted by atomic mass is 16.4. The summed E-state index contributed by atoms with van der Waals surface area (Å²) in [6.45, 7) is 0. The van der Waals surface area contributed by atoms with Gasteiger partial charge >= 0.3 is 0 Å². The molecule has 0 spiro atoms. The number of aromatic nitrogens is 4. The summed E-state index contributed by atoms with van der Waals surface area (Å²) in [4.78, 5) is 19.7. The molecule has 0 bridgehead atoms. The summed E-state index contributed by atoms with van der Waals surface area (Å²) in [7, 11) is 0. The van der Waals surface area contributed by atoms with E-state index in [-0.39, 0.29) is 0 Å². The Morgan fingerprint density at radius 2 is 0.935 bits per heavy atom. The van der Waals surface area contributed by atoms with E-state index in [0.29, 0.717) is 34.5 Å². The molecule has 6 nitrogen and oxygen atoms in total. The molecule has 216 valence electrons. The van der Waals surface area contributed by atoms with Gasteiger partial charge in [0, 0.05) is 21.9 Å². The van der Waals surface area contributed by atoms with Gasteiger partial charge in [0.05, 0.1) is 11.1 Å². The highest BCUT2D eigenvalue weighted by Gasteiger charge is 2.21. The van der Waals surface area contributed by atoms with Gasteiger partial charge in [-0.25, -0.2) is 19.9 Å². The summed E-state index contributed by atoms with van der Waals surface area (Å²) in [5, 5.41) is 1.92. The lowest BCUT2D eigenvalue weighted by atomic mass is 10.0. The zero-order valence-electron chi connectivity index (χ0n) is 24.5. The number of benzene rings is 6. The Morgan fingerprint density at radius 3 is 1.70 bits per heavy atom. The minimum absolute atomic E-state index is 0.513. The quantitative estimate of drug-likeness (QED) is 0.198. The first-order valence-corrected chi connectivity index (χ1v) is 15.1. The monoisotopic (exact) mass is 592 g/mol. The zero-order chi connectivity index (χ0) is 30.5. The van der Waals surface area contributed by atoms with Gasteiger partial charge in [0.1, 0.15) is 16.7 Å². The molecule has 0 amide bonds. The van der Waals surface area contributed by atoms with Crippen LogP contribution in [-0.2, 0) is 0 Å². The number of hydrogen-bond donors (Lipinski definition) is 0. The van der Waals surface area contributed by atoms with Crippen molar-refractivity contribution in [2.75, 3.05) is 0 Å². The van der Waals surface area contributed by atoms with E-state index in [1.807, 2.05) is 109 Å². The third-order valence-corrected chi connectivity index (χ3v) is 8.18. The minimum atomic E-state index is 0.513. The van der Waals surface area contributed by atoms with Crippen LogP contribution < -0.4 is 0 Å². The molecule has 0 fully saturated rings. The molecule has 0 N–H and O–H groups in total. The van der Waals surface area contributed by atoms with Crippen molar-refractivity contribution in [1.82, 2.24) is 19.9 Å². The van der Waals surface area contributed by atoms with Crippen molar-refractivity contribution in [3.8, 4) is 56.7 Å². The van der Waals surface area contributed by atoms with Gasteiger partial charge in [-0.2, -0.15) is 0 Å². The van der Waals surface area contributed by atoms with Crippen LogP contribution in [0, 0.1) is 0 Å². The molecule has 9 aromatic rings. The number of hydrogen-bond acceptors (Lipinski definition) is 6. The fraction of sp³-hybridized carbons (Fsp3) is 0. The van der Waals surface area contributed by atoms with Gasteiger partial charge < -0.3 is 8.83 Å². The normalized spacial score (nSPS) is 11.5. The molecule has 0 atom stereocenters. The molecule has 0 saturated heterocycles. The SMILES string of the molecule is c1ccc(-c2cccc(-c3nc(-c4ccccc4)nc(-c4cccc5c4oc4c(-c6nc7ccccc7o6)cccc45)n3)c2)cc1. The van der Waals surface area contributed by atoms with E-state index in [0.717, 1.165) is 55.3 Å². The van der Waals surface area contributed by atoms with Crippen molar-refractivity contribution in [3.05, 3.63) is 146 Å². The Bertz CT molecular complexity index is 2500. The van der Waals surface area contributed by atoms with Crippen molar-refractivity contribution in [1.29, 1.82) is 0 Å². The summed E-state index contributed by atoms with van der Waals surface area (Å²) in [5.41, 5.74) is 8.50. The molecule has 0 unspecified atom stereocenters. The lowest BCUT2D eigenvalue weighted by molar-refractivity contribution is 0.615. The molecule has 0 radical (unpaired) electrons. The van der Waals surface area contributed by atoms with Crippen LogP contribution in [0.1, 0.15) is 0 Å². The Morgan fingerprint density at radius 1 is 0.370 bits per heavy atom. The van der Waals surface area contributed by atoms with E-state index < -0.39 is 0 Å². The summed E-state index contributed by atoms with van der Waals surface area (Å²) < 4.78 is 12.8.